The van der Waals surface area contributed by atoms with Crippen molar-refractivity contribution in [1.29, 1.82) is 0 Å². The number of nitrogens with zero attached hydrogens (tertiary/aromatic N) is 2. The SMILES string of the molecule is C#CCOC(C)(C)C(=O)OCN(C(=O)[C@H](CCc1ccccc1)CC(=O)CN1CCOCC1)[C@@H](CC(C)C)C(=O)C[C@@H](Cc1ccccc1)C(=O)OCc1ccc(OC)cc1. The average molecular weight is 839 g/mol. The van der Waals surface area contributed by atoms with Crippen molar-refractivity contribution in [2.45, 2.75) is 84.5 Å². The van der Waals surface area contributed by atoms with Crippen LogP contribution in [0.1, 0.15) is 70.1 Å². The zero-order valence-electron chi connectivity index (χ0n) is 36.3. The molecule has 12 nitrogen and oxygen atoms in total. The van der Waals surface area contributed by atoms with Crippen molar-refractivity contribution < 1.29 is 47.7 Å². The average Bonchev–Trinajstić information content (AvgIpc) is 3.26. The minimum atomic E-state index is -1.46. The number of carbonyl (C=O) groups is 5. The molecule has 0 bridgehead atoms. The van der Waals surface area contributed by atoms with Crippen LogP contribution in [0.3, 0.4) is 0 Å². The standard InChI is InChI=1S/C49H62N2O10/c1-7-26-61-49(4,5)48(56)60-35-51(46(54)40(21-18-37-14-10-8-11-15-37)31-42(52)33-50-24-27-58-28-25-50)44(29-36(2)3)45(53)32-41(30-38-16-12-9-13-17-38)47(55)59-34-39-19-22-43(57-6)23-20-39/h1,8-17,19-20,22-23,36,40-41,44H,18,21,24-35H2,2-6H3/t40-,41-,44+/m1/s1. The molecule has 0 spiro atoms. The second-order valence-electron chi connectivity index (χ2n) is 16.4. The van der Waals surface area contributed by atoms with E-state index >= 15 is 4.79 Å². The highest BCUT2D eigenvalue weighted by atomic mass is 16.6. The summed E-state index contributed by atoms with van der Waals surface area (Å²) in [7, 11) is 1.57. The Kier molecular flexibility index (Phi) is 19.6. The number of methoxy groups -OCH3 is 1. The highest BCUT2D eigenvalue weighted by Crippen LogP contribution is 2.26. The summed E-state index contributed by atoms with van der Waals surface area (Å²) in [6.07, 6.45) is 6.26. The summed E-state index contributed by atoms with van der Waals surface area (Å²) < 4.78 is 27.9. The molecule has 1 heterocycles. The van der Waals surface area contributed by atoms with Gasteiger partial charge in [0.05, 0.1) is 38.8 Å². The van der Waals surface area contributed by atoms with Crippen molar-refractivity contribution in [1.82, 2.24) is 9.80 Å². The van der Waals surface area contributed by atoms with Crippen LogP contribution >= 0.6 is 0 Å². The summed E-state index contributed by atoms with van der Waals surface area (Å²) in [5.74, 6) is -1.21. The molecule has 1 aliphatic heterocycles. The van der Waals surface area contributed by atoms with Crippen LogP contribution in [0.25, 0.3) is 0 Å². The summed E-state index contributed by atoms with van der Waals surface area (Å²) in [6, 6.07) is 25.0. The third kappa shape index (κ3) is 16.2. The fourth-order valence-corrected chi connectivity index (χ4v) is 7.16. The minimum Gasteiger partial charge on any atom is -0.497 e. The molecule has 1 saturated heterocycles. The molecule has 1 fully saturated rings. The molecule has 0 aromatic heterocycles. The lowest BCUT2D eigenvalue weighted by atomic mass is 9.87. The quantitative estimate of drug-likeness (QED) is 0.0543. The summed E-state index contributed by atoms with van der Waals surface area (Å²) in [5, 5.41) is 0. The van der Waals surface area contributed by atoms with Crippen molar-refractivity contribution in [3.63, 3.8) is 0 Å². The number of terminal acetylenes is 1. The Balaban J connectivity index is 1.68. The first-order valence-electron chi connectivity index (χ1n) is 21.1. The highest BCUT2D eigenvalue weighted by Gasteiger charge is 2.39. The normalized spacial score (nSPS) is 14.6. The summed E-state index contributed by atoms with van der Waals surface area (Å²) in [5.41, 5.74) is 1.10. The topological polar surface area (TPSA) is 138 Å². The van der Waals surface area contributed by atoms with E-state index in [-0.39, 0.29) is 57.1 Å². The van der Waals surface area contributed by atoms with Gasteiger partial charge in [0.15, 0.2) is 18.1 Å². The lowest BCUT2D eigenvalue weighted by molar-refractivity contribution is -0.176. The van der Waals surface area contributed by atoms with Crippen LogP contribution < -0.4 is 4.74 Å². The third-order valence-electron chi connectivity index (χ3n) is 10.7. The molecule has 4 rings (SSSR count). The maximum absolute atomic E-state index is 15.1. The smallest absolute Gasteiger partial charge is 0.339 e. The van der Waals surface area contributed by atoms with E-state index in [1.807, 2.05) is 79.4 Å². The zero-order chi connectivity index (χ0) is 44.2. The van der Waals surface area contributed by atoms with Gasteiger partial charge < -0.3 is 23.7 Å². The van der Waals surface area contributed by atoms with E-state index in [1.165, 1.54) is 18.7 Å². The van der Waals surface area contributed by atoms with E-state index in [9.17, 15) is 19.2 Å². The van der Waals surface area contributed by atoms with Gasteiger partial charge in [-0.05, 0) is 74.3 Å². The zero-order valence-corrected chi connectivity index (χ0v) is 36.3. The molecule has 3 aromatic carbocycles. The van der Waals surface area contributed by atoms with Gasteiger partial charge in [-0.2, -0.15) is 0 Å². The molecule has 0 N–H and O–H groups in total. The lowest BCUT2D eigenvalue weighted by Gasteiger charge is -2.35. The highest BCUT2D eigenvalue weighted by molar-refractivity contribution is 5.94. The molecule has 328 valence electrons. The Hall–Kier alpha value is -5.35. The Morgan fingerprint density at radius 2 is 1.48 bits per heavy atom. The van der Waals surface area contributed by atoms with Gasteiger partial charge in [0, 0.05) is 31.8 Å². The van der Waals surface area contributed by atoms with Crippen molar-refractivity contribution >= 4 is 29.4 Å². The number of ketones is 2. The molecule has 3 atom stereocenters. The number of hydrogen-bond acceptors (Lipinski definition) is 11. The molecular formula is C49H62N2O10. The third-order valence-corrected chi connectivity index (χ3v) is 10.7. The molecule has 61 heavy (non-hydrogen) atoms. The second kappa shape index (κ2) is 24.8. The number of carbonyl (C=O) groups excluding carboxylic acids is 5. The van der Waals surface area contributed by atoms with Gasteiger partial charge in [0.25, 0.3) is 0 Å². The summed E-state index contributed by atoms with van der Waals surface area (Å²) >= 11 is 0. The monoisotopic (exact) mass is 838 g/mol. The Morgan fingerprint density at radius 1 is 0.836 bits per heavy atom. The van der Waals surface area contributed by atoms with Crippen molar-refractivity contribution in [3.8, 4) is 18.1 Å². The molecule has 0 radical (unpaired) electrons. The number of hydrogen-bond donors (Lipinski definition) is 0. The number of esters is 2. The van der Waals surface area contributed by atoms with Gasteiger partial charge in [-0.3, -0.25) is 29.0 Å². The molecule has 0 aliphatic carbocycles. The largest absolute Gasteiger partial charge is 0.497 e. The lowest BCUT2D eigenvalue weighted by Crippen LogP contribution is -2.51. The Labute approximate surface area is 361 Å². The number of aryl methyl sites for hydroxylation is 1. The number of morpholine rings is 1. The van der Waals surface area contributed by atoms with E-state index in [0.717, 1.165) is 16.7 Å². The maximum Gasteiger partial charge on any atom is 0.339 e. The first kappa shape index (κ1) is 48.3. The second-order valence-corrected chi connectivity index (χ2v) is 16.4. The predicted molar refractivity (Wildman–Crippen MR) is 231 cm³/mol. The van der Waals surface area contributed by atoms with Gasteiger partial charge in [-0.1, -0.05) is 92.6 Å². The minimum absolute atomic E-state index is 0.0165. The first-order chi connectivity index (χ1) is 29.3. The van der Waals surface area contributed by atoms with Crippen LogP contribution in [0.4, 0.5) is 0 Å². The van der Waals surface area contributed by atoms with E-state index < -0.39 is 53.8 Å². The summed E-state index contributed by atoms with van der Waals surface area (Å²) in [4.78, 5) is 74.4. The van der Waals surface area contributed by atoms with E-state index in [2.05, 4.69) is 5.92 Å². The number of benzene rings is 3. The number of rotatable bonds is 25. The van der Waals surface area contributed by atoms with E-state index in [4.69, 9.17) is 30.1 Å². The Morgan fingerprint density at radius 3 is 2.08 bits per heavy atom. The van der Waals surface area contributed by atoms with Crippen molar-refractivity contribution in [2.24, 2.45) is 17.8 Å². The van der Waals surface area contributed by atoms with Gasteiger partial charge in [0.1, 0.15) is 24.7 Å². The van der Waals surface area contributed by atoms with Crippen LogP contribution in [0.5, 0.6) is 5.75 Å². The van der Waals surface area contributed by atoms with Crippen molar-refractivity contribution in [3.05, 3.63) is 102 Å². The molecule has 0 saturated carbocycles. The number of Topliss-reactive ketones (excluding diaryl/α,β-unsaturated/α-hetero) is 2. The van der Waals surface area contributed by atoms with Crippen LogP contribution in [-0.4, -0.2) is 104 Å². The fourth-order valence-electron chi connectivity index (χ4n) is 7.16. The van der Waals surface area contributed by atoms with Gasteiger partial charge >= 0.3 is 11.9 Å². The number of ether oxygens (including phenoxy) is 5. The van der Waals surface area contributed by atoms with E-state index in [1.54, 1.807) is 31.4 Å². The van der Waals surface area contributed by atoms with Crippen LogP contribution in [0.15, 0.2) is 84.9 Å². The molecule has 1 amide bonds. The molecule has 0 unspecified atom stereocenters. The van der Waals surface area contributed by atoms with Crippen molar-refractivity contribution in [2.75, 3.05) is 53.3 Å². The summed E-state index contributed by atoms with van der Waals surface area (Å²) in [6.45, 7) is 8.51. The van der Waals surface area contributed by atoms with Gasteiger partial charge in [-0.15, -0.1) is 6.42 Å². The van der Waals surface area contributed by atoms with E-state index in [0.29, 0.717) is 44.9 Å². The molecule has 1 aliphatic rings. The van der Waals surface area contributed by atoms with Gasteiger partial charge in [-0.25, -0.2) is 4.79 Å². The fraction of sp³-hybridized carbons (Fsp3) is 0.490. The number of amides is 1. The predicted octanol–water partition coefficient (Wildman–Crippen LogP) is 6.27. The molecule has 12 heteroatoms. The van der Waals surface area contributed by atoms with Crippen LogP contribution in [0, 0.1) is 30.1 Å². The van der Waals surface area contributed by atoms with Crippen LogP contribution in [-0.2, 0) is 62.4 Å². The first-order valence-corrected chi connectivity index (χ1v) is 21.1. The molecular weight excluding hydrogens is 777 g/mol. The van der Waals surface area contributed by atoms with Crippen LogP contribution in [0.2, 0.25) is 0 Å². The van der Waals surface area contributed by atoms with Gasteiger partial charge in [0.2, 0.25) is 5.91 Å². The maximum atomic E-state index is 15.1. The Bertz CT molecular complexity index is 1890. The molecule has 3 aromatic rings.